The number of carbonyl (C=O) groups is 3. The van der Waals surface area contributed by atoms with Crippen LogP contribution in [0.5, 0.6) is 0 Å². The highest BCUT2D eigenvalue weighted by Crippen LogP contribution is 2.32. The summed E-state index contributed by atoms with van der Waals surface area (Å²) in [6.45, 7) is 8.54. The second kappa shape index (κ2) is 12.8. The molecule has 3 aliphatic heterocycles. The van der Waals surface area contributed by atoms with E-state index < -0.39 is 35.2 Å². The van der Waals surface area contributed by atoms with Crippen molar-refractivity contribution in [1.29, 1.82) is 0 Å². The Hall–Kier alpha value is -3.94. The van der Waals surface area contributed by atoms with Gasteiger partial charge in [0.2, 0.25) is 0 Å². The van der Waals surface area contributed by atoms with Crippen molar-refractivity contribution in [3.63, 3.8) is 0 Å². The fraction of sp³-hybridized carbons (Fsp3) is 0.548. The van der Waals surface area contributed by atoms with Crippen molar-refractivity contribution >= 4 is 23.8 Å². The Morgan fingerprint density at radius 1 is 1.04 bits per heavy atom. The Morgan fingerprint density at radius 3 is 2.31 bits per heavy atom. The minimum Gasteiger partial charge on any atom is -0.443 e. The summed E-state index contributed by atoms with van der Waals surface area (Å²) >= 11 is 0. The van der Waals surface area contributed by atoms with Gasteiger partial charge in [0.1, 0.15) is 5.60 Å². The van der Waals surface area contributed by atoms with Gasteiger partial charge in [-0.1, -0.05) is 12.1 Å². The van der Waals surface area contributed by atoms with Crippen LogP contribution in [-0.4, -0.2) is 94.7 Å². The standard InChI is InChI=1S/C31H38F4N6O4/c1-30(2,3)45-29(44)41(24-8-11-36-18-24)27(42)21-6-4-20(5-7-21)19-39-14-15-40(28(39)43)23-9-12-38(13-10-23)26-25(32)16-22(17-37-26)31(33,34)35/h4-7,16-17,23-24,36H,8-15,18-19H2,1-3H3. The first-order valence-corrected chi connectivity index (χ1v) is 15.1. The molecule has 0 radical (unpaired) electrons. The molecule has 14 heteroatoms. The Labute approximate surface area is 259 Å². The monoisotopic (exact) mass is 634 g/mol. The van der Waals surface area contributed by atoms with E-state index in [2.05, 4.69) is 10.3 Å². The number of alkyl halides is 3. The lowest BCUT2D eigenvalue weighted by atomic mass is 10.0. The molecule has 1 aromatic carbocycles. The summed E-state index contributed by atoms with van der Waals surface area (Å²) in [6.07, 6.45) is -3.01. The molecule has 4 heterocycles. The fourth-order valence-corrected chi connectivity index (χ4v) is 5.98. The predicted molar refractivity (Wildman–Crippen MR) is 157 cm³/mol. The highest BCUT2D eigenvalue weighted by molar-refractivity contribution is 6.03. The van der Waals surface area contributed by atoms with Crippen molar-refractivity contribution in [3.8, 4) is 0 Å². The number of imide groups is 1. The molecular formula is C31H38F4N6O4. The van der Waals surface area contributed by atoms with Gasteiger partial charge in [0, 0.05) is 57.1 Å². The molecule has 0 spiro atoms. The molecular weight excluding hydrogens is 596 g/mol. The molecule has 1 unspecified atom stereocenters. The van der Waals surface area contributed by atoms with Gasteiger partial charge in [-0.2, -0.15) is 13.2 Å². The van der Waals surface area contributed by atoms with E-state index in [-0.39, 0.29) is 23.9 Å². The number of carbonyl (C=O) groups excluding carboxylic acids is 3. The fourth-order valence-electron chi connectivity index (χ4n) is 5.98. The molecule has 244 valence electrons. The summed E-state index contributed by atoms with van der Waals surface area (Å²) in [4.78, 5) is 49.7. The van der Waals surface area contributed by atoms with E-state index in [1.165, 1.54) is 4.90 Å². The maximum atomic E-state index is 14.4. The normalized spacial score (nSPS) is 19.8. The maximum absolute atomic E-state index is 14.4. The molecule has 1 N–H and O–H groups in total. The van der Waals surface area contributed by atoms with Gasteiger partial charge < -0.3 is 24.8 Å². The zero-order valence-corrected chi connectivity index (χ0v) is 25.6. The quantitative estimate of drug-likeness (QED) is 0.453. The molecule has 0 aliphatic carbocycles. The molecule has 3 aliphatic rings. The predicted octanol–water partition coefficient (Wildman–Crippen LogP) is 4.89. The second-order valence-electron chi connectivity index (χ2n) is 12.6. The van der Waals surface area contributed by atoms with Crippen molar-refractivity contribution in [2.75, 3.05) is 44.2 Å². The highest BCUT2D eigenvalue weighted by Gasteiger charge is 2.38. The number of piperidine rings is 1. The van der Waals surface area contributed by atoms with Crippen LogP contribution < -0.4 is 10.2 Å². The third kappa shape index (κ3) is 7.48. The van der Waals surface area contributed by atoms with Gasteiger partial charge in [0.25, 0.3) is 5.91 Å². The van der Waals surface area contributed by atoms with Crippen LogP contribution in [0.25, 0.3) is 0 Å². The Balaban J connectivity index is 1.16. The SMILES string of the molecule is CC(C)(C)OC(=O)N(C(=O)c1ccc(CN2CCN(C3CCN(c4ncc(C(F)(F)F)cc4F)CC3)C2=O)cc1)C1CCNC1. The summed E-state index contributed by atoms with van der Waals surface area (Å²) in [6, 6.07) is 6.79. The molecule has 0 saturated carbocycles. The van der Waals surface area contributed by atoms with Crippen LogP contribution in [0.4, 0.5) is 33.0 Å². The summed E-state index contributed by atoms with van der Waals surface area (Å²) in [5, 5.41) is 3.18. The topological polar surface area (TPSA) is 98.3 Å². The van der Waals surface area contributed by atoms with Gasteiger partial charge in [-0.3, -0.25) is 4.79 Å². The third-order valence-corrected chi connectivity index (χ3v) is 8.26. The Bertz CT molecular complexity index is 1400. The van der Waals surface area contributed by atoms with Crippen LogP contribution in [0.1, 0.15) is 61.5 Å². The molecule has 1 aromatic heterocycles. The molecule has 3 saturated heterocycles. The van der Waals surface area contributed by atoms with Crippen LogP contribution in [0.2, 0.25) is 0 Å². The van der Waals surface area contributed by atoms with E-state index in [1.807, 2.05) is 0 Å². The number of pyridine rings is 1. The van der Waals surface area contributed by atoms with Crippen molar-refractivity contribution < 1.29 is 36.7 Å². The molecule has 3 fully saturated rings. The Kier molecular flexibility index (Phi) is 9.24. The van der Waals surface area contributed by atoms with E-state index in [9.17, 15) is 31.9 Å². The van der Waals surface area contributed by atoms with E-state index >= 15 is 0 Å². The van der Waals surface area contributed by atoms with Crippen molar-refractivity contribution in [2.24, 2.45) is 0 Å². The molecule has 10 nitrogen and oxygen atoms in total. The van der Waals surface area contributed by atoms with Crippen LogP contribution in [-0.2, 0) is 17.5 Å². The number of benzene rings is 1. The van der Waals surface area contributed by atoms with Crippen LogP contribution >= 0.6 is 0 Å². The number of urea groups is 1. The molecule has 4 amide bonds. The number of anilines is 1. The lowest BCUT2D eigenvalue weighted by Gasteiger charge is -2.37. The van der Waals surface area contributed by atoms with Gasteiger partial charge >= 0.3 is 18.3 Å². The van der Waals surface area contributed by atoms with Gasteiger partial charge in [0.05, 0.1) is 11.6 Å². The first-order chi connectivity index (χ1) is 21.2. The van der Waals surface area contributed by atoms with Crippen molar-refractivity contribution in [2.45, 2.75) is 70.4 Å². The van der Waals surface area contributed by atoms with E-state index in [1.54, 1.807) is 59.7 Å². The van der Waals surface area contributed by atoms with Crippen LogP contribution in [0, 0.1) is 5.82 Å². The lowest BCUT2D eigenvalue weighted by molar-refractivity contribution is -0.138. The summed E-state index contributed by atoms with van der Waals surface area (Å²) in [5.41, 5.74) is -0.713. The van der Waals surface area contributed by atoms with E-state index in [0.29, 0.717) is 82.9 Å². The van der Waals surface area contributed by atoms with E-state index in [0.717, 1.165) is 5.56 Å². The van der Waals surface area contributed by atoms with Gasteiger partial charge in [-0.25, -0.2) is 23.9 Å². The summed E-state index contributed by atoms with van der Waals surface area (Å²) in [7, 11) is 0. The number of nitrogens with zero attached hydrogens (tertiary/aromatic N) is 5. The third-order valence-electron chi connectivity index (χ3n) is 8.26. The molecule has 1 atom stereocenters. The largest absolute Gasteiger partial charge is 0.443 e. The number of nitrogens with one attached hydrogen (secondary N) is 1. The van der Waals surface area contributed by atoms with Gasteiger partial charge in [0.15, 0.2) is 11.6 Å². The number of aromatic nitrogens is 1. The molecule has 0 bridgehead atoms. The minimum absolute atomic E-state index is 0.0832. The zero-order chi connectivity index (χ0) is 32.5. The smallest absolute Gasteiger partial charge is 0.417 e. The molecule has 5 rings (SSSR count). The first kappa shape index (κ1) is 32.5. The maximum Gasteiger partial charge on any atom is 0.417 e. The molecule has 45 heavy (non-hydrogen) atoms. The average molecular weight is 635 g/mol. The first-order valence-electron chi connectivity index (χ1n) is 15.1. The minimum atomic E-state index is -4.67. The molecule has 2 aromatic rings. The summed E-state index contributed by atoms with van der Waals surface area (Å²) < 4.78 is 58.6. The van der Waals surface area contributed by atoms with Crippen molar-refractivity contribution in [1.82, 2.24) is 25.0 Å². The van der Waals surface area contributed by atoms with Crippen LogP contribution in [0.3, 0.4) is 0 Å². The average Bonchev–Trinajstić information content (AvgIpc) is 3.62. The number of amides is 4. The zero-order valence-electron chi connectivity index (χ0n) is 25.6. The Morgan fingerprint density at radius 2 is 1.73 bits per heavy atom. The lowest BCUT2D eigenvalue weighted by Crippen LogP contribution is -2.48. The highest BCUT2D eigenvalue weighted by atomic mass is 19.4. The second-order valence-corrected chi connectivity index (χ2v) is 12.6. The number of rotatable bonds is 6. The number of hydrogen-bond donors (Lipinski definition) is 1. The van der Waals surface area contributed by atoms with Crippen LogP contribution in [0.15, 0.2) is 36.5 Å². The summed E-state index contributed by atoms with van der Waals surface area (Å²) in [5.74, 6) is -1.58. The van der Waals surface area contributed by atoms with Gasteiger partial charge in [-0.05, 0) is 70.3 Å². The number of ether oxygens (including phenoxy) is 1. The number of hydrogen-bond acceptors (Lipinski definition) is 7. The van der Waals surface area contributed by atoms with E-state index in [4.69, 9.17) is 4.74 Å². The number of halogens is 4. The van der Waals surface area contributed by atoms with Gasteiger partial charge in [-0.15, -0.1) is 0 Å². The van der Waals surface area contributed by atoms with Crippen molar-refractivity contribution in [3.05, 3.63) is 59.0 Å².